The highest BCUT2D eigenvalue weighted by Crippen LogP contribution is 2.40. The van der Waals surface area contributed by atoms with Crippen molar-refractivity contribution in [1.82, 2.24) is 0 Å². The Labute approximate surface area is 128 Å². The number of benzene rings is 1. The van der Waals surface area contributed by atoms with Crippen LogP contribution in [-0.2, 0) is 6.42 Å². The van der Waals surface area contributed by atoms with Crippen molar-refractivity contribution in [2.75, 3.05) is 5.73 Å². The van der Waals surface area contributed by atoms with Crippen molar-refractivity contribution in [3.05, 3.63) is 38.1 Å². The summed E-state index contributed by atoms with van der Waals surface area (Å²) in [6.07, 6.45) is 0.679. The SMILES string of the molecule is CCc1c(-c2ccc(Br)c(Cl)c2)sc(C(=O)O)c1N. The Morgan fingerprint density at radius 3 is 2.74 bits per heavy atom. The molecule has 3 nitrogen and oxygen atoms in total. The second-order valence-electron chi connectivity index (χ2n) is 3.94. The van der Waals surface area contributed by atoms with Gasteiger partial charge in [-0.05, 0) is 45.6 Å². The zero-order chi connectivity index (χ0) is 14.2. The minimum Gasteiger partial charge on any atom is -0.477 e. The van der Waals surface area contributed by atoms with Crippen LogP contribution in [0.1, 0.15) is 22.2 Å². The zero-order valence-electron chi connectivity index (χ0n) is 10.0. The first-order chi connectivity index (χ1) is 8.95. The average Bonchev–Trinajstić information content (AvgIpc) is 2.70. The lowest BCUT2D eigenvalue weighted by Gasteiger charge is -2.04. The Kier molecular flexibility index (Phi) is 4.18. The third-order valence-electron chi connectivity index (χ3n) is 2.78. The number of nitrogens with two attached hydrogens (primary N) is 1. The molecule has 2 rings (SSSR count). The number of aromatic carboxylic acids is 1. The van der Waals surface area contributed by atoms with Crippen LogP contribution in [0.15, 0.2) is 22.7 Å². The van der Waals surface area contributed by atoms with Gasteiger partial charge in [-0.3, -0.25) is 0 Å². The Morgan fingerprint density at radius 1 is 1.53 bits per heavy atom. The Balaban J connectivity index is 2.64. The predicted octanol–water partition coefficient (Wildman–Crippen LogP) is 4.67. The highest BCUT2D eigenvalue weighted by molar-refractivity contribution is 9.10. The van der Waals surface area contributed by atoms with Gasteiger partial charge in [0, 0.05) is 9.35 Å². The summed E-state index contributed by atoms with van der Waals surface area (Å²) < 4.78 is 0.805. The zero-order valence-corrected chi connectivity index (χ0v) is 13.2. The summed E-state index contributed by atoms with van der Waals surface area (Å²) in [4.78, 5) is 12.2. The van der Waals surface area contributed by atoms with Crippen molar-refractivity contribution in [3.8, 4) is 10.4 Å². The van der Waals surface area contributed by atoms with Gasteiger partial charge in [0.15, 0.2) is 0 Å². The molecular formula is C13H11BrClNO2S. The molecule has 2 aromatic rings. The van der Waals surface area contributed by atoms with Crippen LogP contribution in [0.5, 0.6) is 0 Å². The lowest BCUT2D eigenvalue weighted by atomic mass is 10.1. The number of thiophene rings is 1. The van der Waals surface area contributed by atoms with E-state index in [1.54, 1.807) is 0 Å². The standard InChI is InChI=1S/C13H11BrClNO2S/c1-2-7-10(16)12(13(17)18)19-11(7)6-3-4-8(14)9(15)5-6/h3-5H,2,16H2,1H3,(H,17,18). The molecule has 0 aliphatic heterocycles. The lowest BCUT2D eigenvalue weighted by Crippen LogP contribution is -1.99. The molecule has 19 heavy (non-hydrogen) atoms. The predicted molar refractivity (Wildman–Crippen MR) is 83.2 cm³/mol. The van der Waals surface area contributed by atoms with E-state index < -0.39 is 5.97 Å². The molecule has 0 saturated carbocycles. The van der Waals surface area contributed by atoms with Crippen molar-refractivity contribution < 1.29 is 9.90 Å². The molecule has 0 aliphatic carbocycles. The van der Waals surface area contributed by atoms with E-state index >= 15 is 0 Å². The summed E-state index contributed by atoms with van der Waals surface area (Å²) in [5.41, 5.74) is 8.01. The van der Waals surface area contributed by atoms with Crippen LogP contribution in [-0.4, -0.2) is 11.1 Å². The van der Waals surface area contributed by atoms with E-state index in [0.29, 0.717) is 17.1 Å². The monoisotopic (exact) mass is 359 g/mol. The molecule has 0 aliphatic rings. The molecule has 0 atom stereocenters. The van der Waals surface area contributed by atoms with Crippen molar-refractivity contribution in [2.24, 2.45) is 0 Å². The number of anilines is 1. The van der Waals surface area contributed by atoms with Gasteiger partial charge in [-0.15, -0.1) is 11.3 Å². The van der Waals surface area contributed by atoms with Crippen molar-refractivity contribution >= 4 is 50.5 Å². The lowest BCUT2D eigenvalue weighted by molar-refractivity contribution is 0.0703. The molecule has 0 amide bonds. The number of carboxylic acids is 1. The number of rotatable bonds is 3. The van der Waals surface area contributed by atoms with Gasteiger partial charge >= 0.3 is 5.97 Å². The quantitative estimate of drug-likeness (QED) is 0.835. The summed E-state index contributed by atoms with van der Waals surface area (Å²) in [6.45, 7) is 1.95. The normalized spacial score (nSPS) is 10.7. The van der Waals surface area contributed by atoms with E-state index in [0.717, 1.165) is 20.5 Å². The molecule has 3 N–H and O–H groups in total. The molecule has 1 aromatic heterocycles. The van der Waals surface area contributed by atoms with Gasteiger partial charge in [-0.1, -0.05) is 24.6 Å². The number of nitrogen functional groups attached to an aromatic ring is 1. The highest BCUT2D eigenvalue weighted by atomic mass is 79.9. The minimum atomic E-state index is -0.994. The maximum Gasteiger partial charge on any atom is 0.348 e. The van der Waals surface area contributed by atoms with Gasteiger partial charge < -0.3 is 10.8 Å². The summed E-state index contributed by atoms with van der Waals surface area (Å²) in [5.74, 6) is -0.994. The molecular weight excluding hydrogens is 350 g/mol. The van der Waals surface area contributed by atoms with Crippen LogP contribution in [0.25, 0.3) is 10.4 Å². The molecule has 0 spiro atoms. The third-order valence-corrected chi connectivity index (χ3v) is 5.29. The fourth-order valence-corrected chi connectivity index (χ4v) is 3.43. The molecule has 0 unspecified atom stereocenters. The Hall–Kier alpha value is -1.04. The van der Waals surface area contributed by atoms with E-state index in [4.69, 9.17) is 22.4 Å². The average molecular weight is 361 g/mol. The summed E-state index contributed by atoms with van der Waals surface area (Å²) >= 11 is 10.6. The van der Waals surface area contributed by atoms with Gasteiger partial charge in [0.1, 0.15) is 4.88 Å². The maximum atomic E-state index is 11.2. The van der Waals surface area contributed by atoms with Gasteiger partial charge in [0.25, 0.3) is 0 Å². The molecule has 100 valence electrons. The first-order valence-electron chi connectivity index (χ1n) is 5.55. The first kappa shape index (κ1) is 14.4. The van der Waals surface area contributed by atoms with Crippen LogP contribution in [0.2, 0.25) is 5.02 Å². The number of carboxylic acid groups (broad SMARTS) is 1. The van der Waals surface area contributed by atoms with Crippen LogP contribution in [0.3, 0.4) is 0 Å². The Bertz CT molecular complexity index is 654. The van der Waals surface area contributed by atoms with E-state index in [1.807, 2.05) is 25.1 Å². The van der Waals surface area contributed by atoms with E-state index in [1.165, 1.54) is 11.3 Å². The number of carbonyl (C=O) groups is 1. The summed E-state index contributed by atoms with van der Waals surface area (Å²) in [5, 5.41) is 9.73. The maximum absolute atomic E-state index is 11.2. The second-order valence-corrected chi connectivity index (χ2v) is 6.22. The van der Waals surface area contributed by atoms with E-state index in [2.05, 4.69) is 15.9 Å². The highest BCUT2D eigenvalue weighted by Gasteiger charge is 2.20. The van der Waals surface area contributed by atoms with Gasteiger partial charge in [0.05, 0.1) is 10.7 Å². The molecule has 0 radical (unpaired) electrons. The summed E-state index contributed by atoms with van der Waals surface area (Å²) in [7, 11) is 0. The molecule has 0 fully saturated rings. The van der Waals surface area contributed by atoms with Gasteiger partial charge in [-0.25, -0.2) is 4.79 Å². The number of hydrogen-bond acceptors (Lipinski definition) is 3. The molecule has 6 heteroatoms. The largest absolute Gasteiger partial charge is 0.477 e. The smallest absolute Gasteiger partial charge is 0.348 e. The van der Waals surface area contributed by atoms with E-state index in [9.17, 15) is 4.79 Å². The fourth-order valence-electron chi connectivity index (χ4n) is 1.86. The van der Waals surface area contributed by atoms with Crippen molar-refractivity contribution in [2.45, 2.75) is 13.3 Å². The topological polar surface area (TPSA) is 63.3 Å². The first-order valence-corrected chi connectivity index (χ1v) is 7.54. The van der Waals surface area contributed by atoms with E-state index in [-0.39, 0.29) is 4.88 Å². The van der Waals surface area contributed by atoms with Crippen molar-refractivity contribution in [1.29, 1.82) is 0 Å². The van der Waals surface area contributed by atoms with Crippen LogP contribution in [0.4, 0.5) is 5.69 Å². The second kappa shape index (κ2) is 5.53. The number of halogens is 2. The van der Waals surface area contributed by atoms with Gasteiger partial charge in [0.2, 0.25) is 0 Å². The van der Waals surface area contributed by atoms with Crippen LogP contribution >= 0.6 is 38.9 Å². The van der Waals surface area contributed by atoms with Crippen LogP contribution < -0.4 is 5.73 Å². The Morgan fingerprint density at radius 2 is 2.21 bits per heavy atom. The molecule has 1 heterocycles. The molecule has 1 aromatic carbocycles. The minimum absolute atomic E-state index is 0.186. The number of hydrogen-bond donors (Lipinski definition) is 2. The summed E-state index contributed by atoms with van der Waals surface area (Å²) in [6, 6.07) is 5.54. The molecule has 0 saturated heterocycles. The van der Waals surface area contributed by atoms with Crippen LogP contribution in [0, 0.1) is 0 Å². The fraction of sp³-hybridized carbons (Fsp3) is 0.154. The molecule has 0 bridgehead atoms. The third kappa shape index (κ3) is 2.63. The van der Waals surface area contributed by atoms with Crippen molar-refractivity contribution in [3.63, 3.8) is 0 Å². The van der Waals surface area contributed by atoms with Gasteiger partial charge in [-0.2, -0.15) is 0 Å².